The first kappa shape index (κ1) is 5.93. The minimum atomic E-state index is 0.308. The average Bonchev–Trinajstić information content (AvgIpc) is 1.88. The Morgan fingerprint density at radius 2 is 1.89 bits per heavy atom. The zero-order valence-electron chi connectivity index (χ0n) is 5.70. The van der Waals surface area contributed by atoms with Gasteiger partial charge in [0.05, 0.1) is 0 Å². The highest BCUT2D eigenvalue weighted by atomic mass is 79.9. The number of rotatable bonds is 0. The Kier molecular flexibility index (Phi) is 1.87. The van der Waals surface area contributed by atoms with Crippen LogP contribution >= 0.6 is 31.9 Å². The molecule has 9 heavy (non-hydrogen) atoms. The molecule has 0 aliphatic carbocycles. The summed E-state index contributed by atoms with van der Waals surface area (Å²) in [6.45, 7) is 0.308. The lowest BCUT2D eigenvalue weighted by atomic mass is 10.2. The Labute approximate surface area is 72.9 Å². The maximum absolute atomic E-state index is 7.17. The SMILES string of the molecule is [2H]Cc1c(Br)cccc1Br. The van der Waals surface area contributed by atoms with E-state index in [9.17, 15) is 0 Å². The van der Waals surface area contributed by atoms with E-state index in [1.165, 1.54) is 0 Å². The molecule has 2 heteroatoms. The van der Waals surface area contributed by atoms with Crippen molar-refractivity contribution in [3.63, 3.8) is 0 Å². The summed E-state index contributed by atoms with van der Waals surface area (Å²) >= 11 is 6.71. The highest BCUT2D eigenvalue weighted by Crippen LogP contribution is 2.23. The summed E-state index contributed by atoms with van der Waals surface area (Å²) in [6.07, 6.45) is 0. The lowest BCUT2D eigenvalue weighted by molar-refractivity contribution is 1.40. The van der Waals surface area contributed by atoms with Crippen LogP contribution in [0, 0.1) is 6.90 Å². The second kappa shape index (κ2) is 2.84. The molecule has 0 fully saturated rings. The average molecular weight is 251 g/mol. The maximum atomic E-state index is 7.17. The minimum absolute atomic E-state index is 0.308. The number of benzene rings is 1. The number of hydrogen-bond acceptors (Lipinski definition) is 0. The topological polar surface area (TPSA) is 0 Å². The maximum Gasteiger partial charge on any atom is 0.0280 e. The second-order valence-electron chi connectivity index (χ2n) is 1.70. The van der Waals surface area contributed by atoms with E-state index >= 15 is 0 Å². The molecular weight excluding hydrogens is 244 g/mol. The van der Waals surface area contributed by atoms with Gasteiger partial charge in [0.15, 0.2) is 0 Å². The molecule has 0 unspecified atom stereocenters. The Hall–Kier alpha value is 0.180. The molecule has 1 rings (SSSR count). The molecule has 0 heterocycles. The summed E-state index contributed by atoms with van der Waals surface area (Å²) in [6, 6.07) is 5.82. The quantitative estimate of drug-likeness (QED) is 0.661. The zero-order valence-corrected chi connectivity index (χ0v) is 7.87. The molecule has 0 saturated heterocycles. The summed E-state index contributed by atoms with van der Waals surface area (Å²) in [5.41, 5.74) is 1.00. The van der Waals surface area contributed by atoms with Gasteiger partial charge in [-0.15, -0.1) is 0 Å². The predicted molar refractivity (Wildman–Crippen MR) is 46.6 cm³/mol. The van der Waals surface area contributed by atoms with Gasteiger partial charge in [-0.1, -0.05) is 37.9 Å². The van der Waals surface area contributed by atoms with Crippen molar-refractivity contribution < 1.29 is 1.37 Å². The Bertz CT molecular complexity index is 215. The summed E-state index contributed by atoms with van der Waals surface area (Å²) in [5.74, 6) is 0. The molecule has 0 aliphatic rings. The fourth-order valence-electron chi connectivity index (χ4n) is 0.532. The van der Waals surface area contributed by atoms with Gasteiger partial charge in [0.2, 0.25) is 0 Å². The Balaban J connectivity index is 3.17. The summed E-state index contributed by atoms with van der Waals surface area (Å²) in [5, 5.41) is 0. The highest BCUT2D eigenvalue weighted by Gasteiger charge is 1.95. The van der Waals surface area contributed by atoms with E-state index in [0.717, 1.165) is 14.5 Å². The van der Waals surface area contributed by atoms with Crippen molar-refractivity contribution in [2.24, 2.45) is 0 Å². The molecule has 1 aromatic rings. The van der Waals surface area contributed by atoms with Crippen LogP contribution < -0.4 is 0 Å². The van der Waals surface area contributed by atoms with Crippen LogP contribution in [0.15, 0.2) is 27.1 Å². The zero-order chi connectivity index (χ0) is 7.56. The molecule has 0 radical (unpaired) electrons. The predicted octanol–water partition coefficient (Wildman–Crippen LogP) is 3.52. The van der Waals surface area contributed by atoms with Gasteiger partial charge >= 0.3 is 0 Å². The highest BCUT2D eigenvalue weighted by molar-refractivity contribution is 9.11. The van der Waals surface area contributed by atoms with E-state index in [4.69, 9.17) is 1.37 Å². The van der Waals surface area contributed by atoms with E-state index in [-0.39, 0.29) is 0 Å². The van der Waals surface area contributed by atoms with Crippen molar-refractivity contribution in [1.29, 1.82) is 0 Å². The molecule has 0 spiro atoms. The third-order valence-electron chi connectivity index (χ3n) is 1.06. The van der Waals surface area contributed by atoms with Crippen LogP contribution in [-0.4, -0.2) is 0 Å². The van der Waals surface area contributed by atoms with Crippen LogP contribution in [0.1, 0.15) is 6.93 Å². The van der Waals surface area contributed by atoms with Gasteiger partial charge in [0.1, 0.15) is 0 Å². The minimum Gasteiger partial charge on any atom is -0.0600 e. The monoisotopic (exact) mass is 249 g/mol. The molecule has 0 atom stereocenters. The van der Waals surface area contributed by atoms with Gasteiger partial charge in [-0.25, -0.2) is 0 Å². The molecule has 0 aliphatic heterocycles. The molecule has 0 aromatic heterocycles. The van der Waals surface area contributed by atoms with E-state index in [1.54, 1.807) is 0 Å². The largest absolute Gasteiger partial charge is 0.0600 e. The number of hydrogen-bond donors (Lipinski definition) is 0. The Morgan fingerprint density at radius 3 is 2.22 bits per heavy atom. The molecule has 0 amide bonds. The molecule has 48 valence electrons. The lowest BCUT2D eigenvalue weighted by Gasteiger charge is -1.97. The van der Waals surface area contributed by atoms with Gasteiger partial charge < -0.3 is 0 Å². The fraction of sp³-hybridized carbons (Fsp3) is 0.143. The van der Waals surface area contributed by atoms with Gasteiger partial charge in [0.25, 0.3) is 0 Å². The standard InChI is InChI=1S/C7H6Br2/c1-5-6(8)3-2-4-7(5)9/h2-4H,1H3/i1D. The van der Waals surface area contributed by atoms with Crippen LogP contribution in [0.25, 0.3) is 0 Å². The first-order chi connectivity index (χ1) is 4.75. The van der Waals surface area contributed by atoms with Crippen LogP contribution in [0.5, 0.6) is 0 Å². The Morgan fingerprint density at radius 1 is 1.33 bits per heavy atom. The normalized spacial score (nSPS) is 11.1. The first-order valence-electron chi connectivity index (χ1n) is 3.18. The van der Waals surface area contributed by atoms with Crippen LogP contribution in [-0.2, 0) is 0 Å². The molecule has 0 saturated carbocycles. The first-order valence-corrected chi connectivity index (χ1v) is 4.06. The van der Waals surface area contributed by atoms with E-state index in [0.29, 0.717) is 6.90 Å². The third-order valence-corrected chi connectivity index (χ3v) is 2.55. The summed E-state index contributed by atoms with van der Waals surface area (Å²) < 4.78 is 9.16. The van der Waals surface area contributed by atoms with E-state index < -0.39 is 0 Å². The van der Waals surface area contributed by atoms with Crippen molar-refractivity contribution >= 4 is 31.9 Å². The van der Waals surface area contributed by atoms with E-state index in [2.05, 4.69) is 31.9 Å². The van der Waals surface area contributed by atoms with Crippen molar-refractivity contribution in [3.05, 3.63) is 32.7 Å². The fourth-order valence-corrected chi connectivity index (χ4v) is 1.53. The van der Waals surface area contributed by atoms with Crippen LogP contribution in [0.3, 0.4) is 0 Å². The molecule has 0 bridgehead atoms. The molecular formula is C7H6Br2. The van der Waals surface area contributed by atoms with Crippen LogP contribution in [0.2, 0.25) is 0 Å². The lowest BCUT2D eigenvalue weighted by Crippen LogP contribution is -1.74. The van der Waals surface area contributed by atoms with Crippen molar-refractivity contribution in [2.45, 2.75) is 6.90 Å². The molecule has 0 N–H and O–H groups in total. The van der Waals surface area contributed by atoms with Crippen LogP contribution in [0.4, 0.5) is 0 Å². The number of halogens is 2. The van der Waals surface area contributed by atoms with Gasteiger partial charge in [0, 0.05) is 10.3 Å². The van der Waals surface area contributed by atoms with Crippen molar-refractivity contribution in [3.8, 4) is 0 Å². The summed E-state index contributed by atoms with van der Waals surface area (Å²) in [7, 11) is 0. The van der Waals surface area contributed by atoms with Crippen molar-refractivity contribution in [1.82, 2.24) is 0 Å². The third kappa shape index (κ3) is 1.55. The van der Waals surface area contributed by atoms with E-state index in [1.807, 2.05) is 18.2 Å². The van der Waals surface area contributed by atoms with Gasteiger partial charge in [-0.2, -0.15) is 0 Å². The second-order valence-corrected chi connectivity index (χ2v) is 3.41. The molecule has 1 aromatic carbocycles. The van der Waals surface area contributed by atoms with Crippen molar-refractivity contribution in [2.75, 3.05) is 0 Å². The van der Waals surface area contributed by atoms with Gasteiger partial charge in [-0.3, -0.25) is 0 Å². The summed E-state index contributed by atoms with van der Waals surface area (Å²) in [4.78, 5) is 0. The van der Waals surface area contributed by atoms with Gasteiger partial charge in [-0.05, 0) is 24.6 Å². The smallest absolute Gasteiger partial charge is 0.0280 e. The molecule has 0 nitrogen and oxygen atoms in total.